The number of likely N-dealkylation sites (tertiary alicyclic amines) is 1. The lowest BCUT2D eigenvalue weighted by Gasteiger charge is -2.21. The van der Waals surface area contributed by atoms with Crippen molar-refractivity contribution in [3.63, 3.8) is 0 Å². The minimum absolute atomic E-state index is 0.124. The highest BCUT2D eigenvalue weighted by molar-refractivity contribution is 5.76. The van der Waals surface area contributed by atoms with Crippen LogP contribution < -0.4 is 10.6 Å². The van der Waals surface area contributed by atoms with Gasteiger partial charge in [0.05, 0.1) is 0 Å². The van der Waals surface area contributed by atoms with Gasteiger partial charge in [-0.15, -0.1) is 0 Å². The molecule has 0 saturated carbocycles. The standard InChI is InChI=1S/C15H31N3O/c1-5-18-11-6-7-13(9-12-18)16-10-8-14(19)17-15(2,3)4/h13,16H,5-12H2,1-4H3,(H,17,19). The molecule has 1 aliphatic rings. The van der Waals surface area contributed by atoms with Gasteiger partial charge in [0.15, 0.2) is 0 Å². The van der Waals surface area contributed by atoms with Crippen molar-refractivity contribution in [1.29, 1.82) is 0 Å². The van der Waals surface area contributed by atoms with Crippen LogP contribution in [0.3, 0.4) is 0 Å². The summed E-state index contributed by atoms with van der Waals surface area (Å²) in [5.41, 5.74) is -0.124. The summed E-state index contributed by atoms with van der Waals surface area (Å²) in [5.74, 6) is 0.142. The van der Waals surface area contributed by atoms with E-state index in [1.54, 1.807) is 0 Å². The van der Waals surface area contributed by atoms with E-state index >= 15 is 0 Å². The number of hydrogen-bond donors (Lipinski definition) is 2. The van der Waals surface area contributed by atoms with Crippen molar-refractivity contribution in [2.24, 2.45) is 0 Å². The molecule has 112 valence electrons. The highest BCUT2D eigenvalue weighted by atomic mass is 16.1. The van der Waals surface area contributed by atoms with E-state index < -0.39 is 0 Å². The highest BCUT2D eigenvalue weighted by Crippen LogP contribution is 2.10. The molecule has 0 aliphatic carbocycles. The van der Waals surface area contributed by atoms with Crippen LogP contribution in [0, 0.1) is 0 Å². The molecule has 1 saturated heterocycles. The average molecular weight is 269 g/mol. The molecule has 19 heavy (non-hydrogen) atoms. The largest absolute Gasteiger partial charge is 0.351 e. The first-order valence-corrected chi connectivity index (χ1v) is 7.67. The number of carbonyl (C=O) groups excluding carboxylic acids is 1. The molecule has 1 amide bonds. The molecular weight excluding hydrogens is 238 g/mol. The van der Waals surface area contributed by atoms with Gasteiger partial charge in [-0.1, -0.05) is 6.92 Å². The van der Waals surface area contributed by atoms with Gasteiger partial charge in [0.2, 0.25) is 5.91 Å². The fraction of sp³-hybridized carbons (Fsp3) is 0.933. The van der Waals surface area contributed by atoms with E-state index in [9.17, 15) is 4.79 Å². The van der Waals surface area contributed by atoms with Crippen LogP contribution in [0.15, 0.2) is 0 Å². The van der Waals surface area contributed by atoms with E-state index in [-0.39, 0.29) is 11.4 Å². The van der Waals surface area contributed by atoms with E-state index in [4.69, 9.17) is 0 Å². The Kier molecular flexibility index (Phi) is 6.80. The lowest BCUT2D eigenvalue weighted by molar-refractivity contribution is -0.122. The van der Waals surface area contributed by atoms with Gasteiger partial charge in [-0.25, -0.2) is 0 Å². The first-order valence-electron chi connectivity index (χ1n) is 7.67. The summed E-state index contributed by atoms with van der Waals surface area (Å²) in [7, 11) is 0. The summed E-state index contributed by atoms with van der Waals surface area (Å²) in [6, 6.07) is 0.582. The zero-order chi connectivity index (χ0) is 14.3. The zero-order valence-corrected chi connectivity index (χ0v) is 13.1. The maximum atomic E-state index is 11.7. The third kappa shape index (κ3) is 7.53. The molecule has 1 aliphatic heterocycles. The van der Waals surface area contributed by atoms with Gasteiger partial charge in [0, 0.05) is 24.5 Å². The van der Waals surface area contributed by atoms with E-state index in [2.05, 4.69) is 22.5 Å². The lowest BCUT2D eigenvalue weighted by Crippen LogP contribution is -2.42. The quantitative estimate of drug-likeness (QED) is 0.799. The number of carbonyl (C=O) groups is 1. The van der Waals surface area contributed by atoms with Crippen LogP contribution in [-0.2, 0) is 4.79 Å². The number of amides is 1. The number of rotatable bonds is 5. The van der Waals surface area contributed by atoms with Gasteiger partial charge in [-0.2, -0.15) is 0 Å². The van der Waals surface area contributed by atoms with Crippen LogP contribution in [0.4, 0.5) is 0 Å². The van der Waals surface area contributed by atoms with Crippen molar-refractivity contribution in [1.82, 2.24) is 15.5 Å². The maximum Gasteiger partial charge on any atom is 0.221 e. The fourth-order valence-corrected chi connectivity index (χ4v) is 2.55. The third-order valence-electron chi connectivity index (χ3n) is 3.57. The molecule has 1 heterocycles. The number of nitrogens with one attached hydrogen (secondary N) is 2. The Bertz CT molecular complexity index is 273. The van der Waals surface area contributed by atoms with Crippen molar-refractivity contribution in [2.45, 2.75) is 65.0 Å². The predicted molar refractivity (Wildman–Crippen MR) is 80.3 cm³/mol. The van der Waals surface area contributed by atoms with E-state index in [0.29, 0.717) is 12.5 Å². The smallest absolute Gasteiger partial charge is 0.221 e. The van der Waals surface area contributed by atoms with Crippen molar-refractivity contribution >= 4 is 5.91 Å². The molecule has 4 nitrogen and oxygen atoms in total. The normalized spacial score (nSPS) is 22.0. The van der Waals surface area contributed by atoms with E-state index in [1.165, 1.54) is 32.4 Å². The third-order valence-corrected chi connectivity index (χ3v) is 3.57. The number of nitrogens with zero attached hydrogens (tertiary/aromatic N) is 1. The van der Waals surface area contributed by atoms with Gasteiger partial charge in [0.25, 0.3) is 0 Å². The first-order chi connectivity index (χ1) is 8.90. The molecule has 0 aromatic heterocycles. The number of hydrogen-bond acceptors (Lipinski definition) is 3. The molecule has 2 N–H and O–H groups in total. The van der Waals surface area contributed by atoms with Gasteiger partial charge < -0.3 is 15.5 Å². The maximum absolute atomic E-state index is 11.7. The van der Waals surface area contributed by atoms with E-state index in [0.717, 1.165) is 13.1 Å². The molecule has 0 aromatic carbocycles. The average Bonchev–Trinajstić information content (AvgIpc) is 2.52. The molecule has 4 heteroatoms. The fourth-order valence-electron chi connectivity index (χ4n) is 2.55. The van der Waals surface area contributed by atoms with Gasteiger partial charge in [-0.05, 0) is 59.7 Å². The Morgan fingerprint density at radius 3 is 2.63 bits per heavy atom. The highest BCUT2D eigenvalue weighted by Gasteiger charge is 2.17. The second kappa shape index (κ2) is 7.85. The molecule has 0 spiro atoms. The molecule has 1 rings (SSSR count). The second-order valence-corrected chi connectivity index (χ2v) is 6.56. The van der Waals surface area contributed by atoms with Gasteiger partial charge in [0.1, 0.15) is 0 Å². The van der Waals surface area contributed by atoms with Crippen molar-refractivity contribution in [3.8, 4) is 0 Å². The summed E-state index contributed by atoms with van der Waals surface area (Å²) < 4.78 is 0. The lowest BCUT2D eigenvalue weighted by atomic mass is 10.1. The Hall–Kier alpha value is -0.610. The van der Waals surface area contributed by atoms with Crippen LogP contribution >= 0.6 is 0 Å². The van der Waals surface area contributed by atoms with Crippen molar-refractivity contribution < 1.29 is 4.79 Å². The van der Waals surface area contributed by atoms with Crippen LogP contribution in [0.25, 0.3) is 0 Å². The summed E-state index contributed by atoms with van der Waals surface area (Å²) in [5, 5.41) is 6.53. The molecule has 1 unspecified atom stereocenters. The summed E-state index contributed by atoms with van der Waals surface area (Å²) in [4.78, 5) is 14.2. The van der Waals surface area contributed by atoms with Gasteiger partial charge in [-0.3, -0.25) is 4.79 Å². The molecule has 0 bridgehead atoms. The second-order valence-electron chi connectivity index (χ2n) is 6.56. The Morgan fingerprint density at radius 1 is 1.26 bits per heavy atom. The Labute approximate surface area is 118 Å². The van der Waals surface area contributed by atoms with Crippen LogP contribution in [0.5, 0.6) is 0 Å². The SMILES string of the molecule is CCN1CCCC(NCCC(=O)NC(C)(C)C)CC1. The Morgan fingerprint density at radius 2 is 2.00 bits per heavy atom. The van der Waals surface area contributed by atoms with Crippen molar-refractivity contribution in [3.05, 3.63) is 0 Å². The summed E-state index contributed by atoms with van der Waals surface area (Å²) in [6.45, 7) is 12.6. The molecule has 0 radical (unpaired) electrons. The topological polar surface area (TPSA) is 44.4 Å². The van der Waals surface area contributed by atoms with Crippen molar-refractivity contribution in [2.75, 3.05) is 26.2 Å². The summed E-state index contributed by atoms with van der Waals surface area (Å²) in [6.07, 6.45) is 4.27. The van der Waals surface area contributed by atoms with Crippen LogP contribution in [-0.4, -0.2) is 48.6 Å². The molecule has 1 atom stereocenters. The zero-order valence-electron chi connectivity index (χ0n) is 13.1. The van der Waals surface area contributed by atoms with E-state index in [1.807, 2.05) is 20.8 Å². The van der Waals surface area contributed by atoms with Crippen LogP contribution in [0.2, 0.25) is 0 Å². The van der Waals surface area contributed by atoms with Crippen LogP contribution in [0.1, 0.15) is 53.4 Å². The monoisotopic (exact) mass is 269 g/mol. The minimum atomic E-state index is -0.124. The van der Waals surface area contributed by atoms with Gasteiger partial charge >= 0.3 is 0 Å². The molecule has 1 fully saturated rings. The predicted octanol–water partition coefficient (Wildman–Crippen LogP) is 1.76. The minimum Gasteiger partial charge on any atom is -0.351 e. The Balaban J connectivity index is 2.17. The first kappa shape index (κ1) is 16.4. The molecular formula is C15H31N3O. The summed E-state index contributed by atoms with van der Waals surface area (Å²) >= 11 is 0. The molecule has 0 aromatic rings.